The van der Waals surface area contributed by atoms with Crippen LogP contribution in [0.15, 0.2) is 41.4 Å². The Morgan fingerprint density at radius 1 is 1.14 bits per heavy atom. The van der Waals surface area contributed by atoms with Crippen molar-refractivity contribution in [3.63, 3.8) is 0 Å². The van der Waals surface area contributed by atoms with E-state index < -0.39 is 0 Å². The van der Waals surface area contributed by atoms with Crippen LogP contribution in [0.4, 0.5) is 5.69 Å². The molecule has 0 atom stereocenters. The van der Waals surface area contributed by atoms with Crippen LogP contribution in [0.3, 0.4) is 0 Å². The summed E-state index contributed by atoms with van der Waals surface area (Å²) in [5, 5.41) is 4.81. The van der Waals surface area contributed by atoms with Gasteiger partial charge in [0.2, 0.25) is 0 Å². The number of hydrogen-bond acceptors (Lipinski definition) is 3. The van der Waals surface area contributed by atoms with Gasteiger partial charge in [-0.25, -0.2) is 0 Å². The van der Waals surface area contributed by atoms with Gasteiger partial charge in [0.25, 0.3) is 0 Å². The molecule has 1 aliphatic heterocycles. The summed E-state index contributed by atoms with van der Waals surface area (Å²) >= 11 is 18.7. The van der Waals surface area contributed by atoms with E-state index in [1.807, 2.05) is 18.2 Å². The molecule has 3 N–H and O–H groups in total. The summed E-state index contributed by atoms with van der Waals surface area (Å²) in [5.41, 5.74) is 7.63. The molecule has 9 heteroatoms. The second-order valence-corrected chi connectivity index (χ2v) is 7.94. The Hall–Kier alpha value is -0.930. The third-order valence-electron chi connectivity index (χ3n) is 4.93. The van der Waals surface area contributed by atoms with Gasteiger partial charge in [0, 0.05) is 34.4 Å². The Balaban J connectivity index is 0.00000300. The van der Waals surface area contributed by atoms with Crippen molar-refractivity contribution in [1.82, 2.24) is 0 Å². The quantitative estimate of drug-likeness (QED) is 0.273. The predicted octanol–water partition coefficient (Wildman–Crippen LogP) is 5.75. The normalized spacial score (nSPS) is 16.1. The largest absolute Gasteiger partial charge is 0.495 e. The molecule has 0 spiro atoms. The van der Waals surface area contributed by atoms with E-state index in [1.54, 1.807) is 25.3 Å². The zero-order valence-corrected chi connectivity index (χ0v) is 20.5. The van der Waals surface area contributed by atoms with Crippen molar-refractivity contribution in [1.29, 1.82) is 0 Å². The van der Waals surface area contributed by atoms with E-state index >= 15 is 0 Å². The van der Waals surface area contributed by atoms with E-state index in [0.29, 0.717) is 46.5 Å². The number of rotatable bonds is 5. The molecular formula is C20H23Cl3IN3O2. The van der Waals surface area contributed by atoms with Crippen LogP contribution in [0.2, 0.25) is 15.1 Å². The molecule has 158 valence electrons. The van der Waals surface area contributed by atoms with Crippen molar-refractivity contribution in [3.05, 3.63) is 57.0 Å². The lowest BCUT2D eigenvalue weighted by Crippen LogP contribution is -2.38. The zero-order valence-electron chi connectivity index (χ0n) is 15.9. The summed E-state index contributed by atoms with van der Waals surface area (Å²) in [6.07, 6.45) is 1.61. The van der Waals surface area contributed by atoms with E-state index in [-0.39, 0.29) is 29.4 Å². The second-order valence-electron chi connectivity index (χ2n) is 6.69. The third kappa shape index (κ3) is 6.04. The van der Waals surface area contributed by atoms with Gasteiger partial charge in [-0.15, -0.1) is 24.0 Å². The van der Waals surface area contributed by atoms with Crippen LogP contribution in [0.5, 0.6) is 5.75 Å². The van der Waals surface area contributed by atoms with E-state index in [0.717, 1.165) is 24.1 Å². The lowest BCUT2D eigenvalue weighted by atomic mass is 9.74. The van der Waals surface area contributed by atoms with Crippen molar-refractivity contribution in [2.45, 2.75) is 18.3 Å². The minimum atomic E-state index is -0.246. The fourth-order valence-corrected chi connectivity index (χ4v) is 4.23. The summed E-state index contributed by atoms with van der Waals surface area (Å²) < 4.78 is 10.7. The number of nitrogens with one attached hydrogen (secondary N) is 1. The minimum absolute atomic E-state index is 0. The van der Waals surface area contributed by atoms with Gasteiger partial charge >= 0.3 is 0 Å². The first-order valence-corrected chi connectivity index (χ1v) is 10.0. The molecule has 3 rings (SSSR count). The number of guanidine groups is 1. The molecule has 2 aromatic carbocycles. The first-order chi connectivity index (χ1) is 13.4. The zero-order chi connectivity index (χ0) is 20.1. The average Bonchev–Trinajstić information content (AvgIpc) is 2.67. The first kappa shape index (κ1) is 24.3. The maximum Gasteiger partial charge on any atom is 0.193 e. The Morgan fingerprint density at radius 2 is 1.86 bits per heavy atom. The molecule has 2 aromatic rings. The highest BCUT2D eigenvalue weighted by Crippen LogP contribution is 2.40. The summed E-state index contributed by atoms with van der Waals surface area (Å²) in [6, 6.07) is 10.9. The van der Waals surface area contributed by atoms with Crippen LogP contribution in [0.25, 0.3) is 0 Å². The maximum absolute atomic E-state index is 6.50. The smallest absolute Gasteiger partial charge is 0.193 e. The molecule has 0 unspecified atom stereocenters. The number of hydrogen-bond donors (Lipinski definition) is 2. The van der Waals surface area contributed by atoms with E-state index in [9.17, 15) is 0 Å². The average molecular weight is 571 g/mol. The summed E-state index contributed by atoms with van der Waals surface area (Å²) in [4.78, 5) is 4.59. The number of nitrogens with two attached hydrogens (primary N) is 1. The highest BCUT2D eigenvalue weighted by atomic mass is 127. The van der Waals surface area contributed by atoms with Gasteiger partial charge in [-0.05, 0) is 48.7 Å². The number of ether oxygens (including phenoxy) is 2. The molecule has 1 saturated heterocycles. The van der Waals surface area contributed by atoms with Crippen LogP contribution in [-0.2, 0) is 10.2 Å². The van der Waals surface area contributed by atoms with Gasteiger partial charge in [-0.1, -0.05) is 40.9 Å². The fraction of sp³-hybridized carbons (Fsp3) is 0.350. The number of aliphatic imine (C=N–C) groups is 1. The van der Waals surface area contributed by atoms with Crippen molar-refractivity contribution in [2.75, 3.05) is 32.2 Å². The van der Waals surface area contributed by atoms with Gasteiger partial charge in [0.15, 0.2) is 5.96 Å². The van der Waals surface area contributed by atoms with Gasteiger partial charge in [-0.2, -0.15) is 0 Å². The van der Waals surface area contributed by atoms with Gasteiger partial charge in [-0.3, -0.25) is 4.99 Å². The van der Waals surface area contributed by atoms with Gasteiger partial charge < -0.3 is 20.5 Å². The van der Waals surface area contributed by atoms with Gasteiger partial charge in [0.05, 0.1) is 18.7 Å². The molecule has 29 heavy (non-hydrogen) atoms. The minimum Gasteiger partial charge on any atom is -0.495 e. The van der Waals surface area contributed by atoms with E-state index in [2.05, 4.69) is 10.3 Å². The fourth-order valence-electron chi connectivity index (χ4n) is 3.36. The number of benzene rings is 2. The third-order valence-corrected chi connectivity index (χ3v) is 5.77. The Bertz CT molecular complexity index is 874. The van der Waals surface area contributed by atoms with Crippen LogP contribution < -0.4 is 15.8 Å². The van der Waals surface area contributed by atoms with Crippen LogP contribution in [0.1, 0.15) is 18.4 Å². The number of anilines is 1. The standard InChI is InChI=1S/C20H22Cl3N3O2.HI/c1-27-18-5-3-14(11-17(18)23)26-19(24)25-12-20(6-8-28-9-7-20)15-4-2-13(21)10-16(15)22;/h2-5,10-11H,6-9,12H2,1H3,(H3,24,25,26);1H. The Kier molecular flexibility index (Phi) is 9.15. The monoisotopic (exact) mass is 569 g/mol. The van der Waals surface area contributed by atoms with Crippen molar-refractivity contribution < 1.29 is 9.47 Å². The number of methoxy groups -OCH3 is 1. The van der Waals surface area contributed by atoms with E-state index in [1.165, 1.54) is 0 Å². The molecule has 0 amide bonds. The molecule has 0 bridgehead atoms. The van der Waals surface area contributed by atoms with Crippen LogP contribution >= 0.6 is 58.8 Å². The SMILES string of the molecule is COc1ccc(NC(N)=NCC2(c3ccc(Cl)cc3Cl)CCOCC2)cc1Cl.I. The molecule has 0 radical (unpaired) electrons. The molecule has 1 heterocycles. The highest BCUT2D eigenvalue weighted by Gasteiger charge is 2.36. The number of nitrogens with zero attached hydrogens (tertiary/aromatic N) is 1. The maximum atomic E-state index is 6.50. The molecule has 1 fully saturated rings. The lowest BCUT2D eigenvalue weighted by molar-refractivity contribution is 0.0532. The van der Waals surface area contributed by atoms with E-state index in [4.69, 9.17) is 50.0 Å². The topological polar surface area (TPSA) is 68.9 Å². The summed E-state index contributed by atoms with van der Waals surface area (Å²) in [5.74, 6) is 0.901. The molecule has 0 aliphatic carbocycles. The van der Waals surface area contributed by atoms with Crippen molar-refractivity contribution in [3.8, 4) is 5.75 Å². The van der Waals surface area contributed by atoms with Gasteiger partial charge in [0.1, 0.15) is 5.75 Å². The van der Waals surface area contributed by atoms with Crippen molar-refractivity contribution >= 4 is 70.4 Å². The Morgan fingerprint density at radius 3 is 2.48 bits per heavy atom. The highest BCUT2D eigenvalue weighted by molar-refractivity contribution is 14.0. The van der Waals surface area contributed by atoms with Crippen molar-refractivity contribution in [2.24, 2.45) is 10.7 Å². The van der Waals surface area contributed by atoms with Crippen LogP contribution in [-0.4, -0.2) is 32.8 Å². The predicted molar refractivity (Wildman–Crippen MR) is 132 cm³/mol. The molecule has 0 aromatic heterocycles. The molecule has 1 aliphatic rings. The molecule has 0 saturated carbocycles. The first-order valence-electron chi connectivity index (χ1n) is 8.87. The summed E-state index contributed by atoms with van der Waals surface area (Å²) in [6.45, 7) is 1.78. The number of halogens is 4. The Labute approximate surface area is 202 Å². The lowest BCUT2D eigenvalue weighted by Gasteiger charge is -2.37. The molecular weight excluding hydrogens is 548 g/mol. The van der Waals surface area contributed by atoms with Crippen LogP contribution in [0, 0.1) is 0 Å². The second kappa shape index (κ2) is 10.9. The summed E-state index contributed by atoms with van der Waals surface area (Å²) in [7, 11) is 1.57. The molecule has 5 nitrogen and oxygen atoms in total.